The van der Waals surface area contributed by atoms with Crippen molar-refractivity contribution in [3.05, 3.63) is 0 Å². The second kappa shape index (κ2) is 6.33. The maximum Gasteiger partial charge on any atom is 0.406 e. The van der Waals surface area contributed by atoms with Crippen molar-refractivity contribution in [2.45, 2.75) is 72.1 Å². The van der Waals surface area contributed by atoms with Crippen molar-refractivity contribution in [3.63, 3.8) is 0 Å². The molecule has 0 saturated heterocycles. The Morgan fingerprint density at radius 3 is 1.75 bits per heavy atom. The van der Waals surface area contributed by atoms with Crippen molar-refractivity contribution in [1.82, 2.24) is 4.90 Å². The fourth-order valence-electron chi connectivity index (χ4n) is 1.92. The molecule has 1 amide bonds. The van der Waals surface area contributed by atoms with E-state index < -0.39 is 35.6 Å². The van der Waals surface area contributed by atoms with Crippen LogP contribution in [0.25, 0.3) is 0 Å². The first kappa shape index (κ1) is 19.2. The first-order valence-corrected chi connectivity index (χ1v) is 6.94. The van der Waals surface area contributed by atoms with Crippen molar-refractivity contribution in [3.8, 4) is 0 Å². The van der Waals surface area contributed by atoms with Crippen LogP contribution in [-0.4, -0.2) is 35.1 Å². The minimum Gasteiger partial charge on any atom is -0.330 e. The molecular formula is C14H27F3N2O. The van der Waals surface area contributed by atoms with E-state index in [1.54, 1.807) is 41.5 Å². The molecule has 0 atom stereocenters. The molecule has 0 heterocycles. The lowest BCUT2D eigenvalue weighted by Gasteiger charge is -2.43. The monoisotopic (exact) mass is 296 g/mol. The Labute approximate surface area is 119 Å². The van der Waals surface area contributed by atoms with Crippen molar-refractivity contribution in [2.75, 3.05) is 6.54 Å². The quantitative estimate of drug-likeness (QED) is 0.817. The van der Waals surface area contributed by atoms with E-state index in [0.717, 1.165) is 4.90 Å². The molecule has 0 aromatic heterocycles. The summed E-state index contributed by atoms with van der Waals surface area (Å²) in [4.78, 5) is 13.5. The highest BCUT2D eigenvalue weighted by molar-refractivity contribution is 5.83. The molecule has 0 unspecified atom stereocenters. The maximum atomic E-state index is 12.8. The third-order valence-corrected chi connectivity index (χ3v) is 4.14. The van der Waals surface area contributed by atoms with Crippen LogP contribution in [0.4, 0.5) is 13.2 Å². The summed E-state index contributed by atoms with van der Waals surface area (Å²) in [5.74, 6) is -0.545. The largest absolute Gasteiger partial charge is 0.406 e. The van der Waals surface area contributed by atoms with Gasteiger partial charge in [-0.25, -0.2) is 0 Å². The molecule has 20 heavy (non-hydrogen) atoms. The maximum absolute atomic E-state index is 12.8. The molecular weight excluding hydrogens is 269 g/mol. The summed E-state index contributed by atoms with van der Waals surface area (Å²) in [7, 11) is 0. The predicted octanol–water partition coefficient (Wildman–Crippen LogP) is 3.33. The fourth-order valence-corrected chi connectivity index (χ4v) is 1.92. The third kappa shape index (κ3) is 4.65. The van der Waals surface area contributed by atoms with Gasteiger partial charge in [-0.15, -0.1) is 0 Å². The number of halogens is 3. The van der Waals surface area contributed by atoms with Gasteiger partial charge in [-0.3, -0.25) is 4.79 Å². The highest BCUT2D eigenvalue weighted by atomic mass is 19.4. The van der Waals surface area contributed by atoms with Crippen LogP contribution in [-0.2, 0) is 4.79 Å². The molecule has 0 saturated carbocycles. The molecule has 0 rings (SSSR count). The van der Waals surface area contributed by atoms with Crippen LogP contribution in [0, 0.1) is 5.41 Å². The van der Waals surface area contributed by atoms with Gasteiger partial charge >= 0.3 is 6.18 Å². The van der Waals surface area contributed by atoms with Crippen LogP contribution in [0.2, 0.25) is 0 Å². The van der Waals surface area contributed by atoms with Crippen LogP contribution in [0.5, 0.6) is 0 Å². The minimum absolute atomic E-state index is 0.425. The molecule has 6 heteroatoms. The standard InChI is InChI=1S/C14H27F3N2O/c1-7-10(8-2)19(9-14(15,16)17)11(20)12(3,4)13(5,6)18/h10H,7-9,18H2,1-6H3. The Balaban J connectivity index is 5.48. The van der Waals surface area contributed by atoms with Gasteiger partial charge in [-0.05, 0) is 40.5 Å². The normalized spacial score (nSPS) is 13.8. The Hall–Kier alpha value is -0.780. The number of amides is 1. The molecule has 0 aromatic carbocycles. The molecule has 0 radical (unpaired) electrons. The summed E-state index contributed by atoms with van der Waals surface area (Å²) in [6, 6.07) is -0.425. The highest BCUT2D eigenvalue weighted by Crippen LogP contribution is 2.33. The lowest BCUT2D eigenvalue weighted by Crippen LogP contribution is -2.59. The highest BCUT2D eigenvalue weighted by Gasteiger charge is 2.46. The van der Waals surface area contributed by atoms with E-state index in [9.17, 15) is 18.0 Å². The van der Waals surface area contributed by atoms with Crippen molar-refractivity contribution in [1.29, 1.82) is 0 Å². The molecule has 0 aromatic rings. The molecule has 0 fully saturated rings. The SMILES string of the molecule is CCC(CC)N(CC(F)(F)F)C(=O)C(C)(C)C(C)(C)N. The van der Waals surface area contributed by atoms with E-state index in [0.29, 0.717) is 12.8 Å². The van der Waals surface area contributed by atoms with Gasteiger partial charge in [-0.2, -0.15) is 13.2 Å². The van der Waals surface area contributed by atoms with E-state index >= 15 is 0 Å². The van der Waals surface area contributed by atoms with Crippen LogP contribution in [0.3, 0.4) is 0 Å². The molecule has 0 aliphatic heterocycles. The fraction of sp³-hybridized carbons (Fsp3) is 0.929. The first-order valence-electron chi connectivity index (χ1n) is 6.94. The van der Waals surface area contributed by atoms with Gasteiger partial charge in [0.1, 0.15) is 6.54 Å². The second-order valence-corrected chi connectivity index (χ2v) is 6.37. The zero-order valence-corrected chi connectivity index (χ0v) is 13.3. The van der Waals surface area contributed by atoms with Crippen LogP contribution < -0.4 is 5.73 Å². The Bertz CT molecular complexity index is 328. The number of nitrogens with zero attached hydrogens (tertiary/aromatic N) is 1. The van der Waals surface area contributed by atoms with E-state index in [1.807, 2.05) is 0 Å². The molecule has 120 valence electrons. The summed E-state index contributed by atoms with van der Waals surface area (Å²) in [6.45, 7) is 8.85. The van der Waals surface area contributed by atoms with Gasteiger partial charge < -0.3 is 10.6 Å². The first-order chi connectivity index (χ1) is 8.78. The summed E-state index contributed by atoms with van der Waals surface area (Å²) in [6.07, 6.45) is -3.44. The van der Waals surface area contributed by atoms with E-state index in [2.05, 4.69) is 0 Å². The number of nitrogens with two attached hydrogens (primary N) is 1. The number of hydrogen-bond donors (Lipinski definition) is 1. The molecule has 2 N–H and O–H groups in total. The van der Waals surface area contributed by atoms with Gasteiger partial charge in [0.2, 0.25) is 5.91 Å². The topological polar surface area (TPSA) is 46.3 Å². The smallest absolute Gasteiger partial charge is 0.330 e. The second-order valence-electron chi connectivity index (χ2n) is 6.37. The van der Waals surface area contributed by atoms with E-state index in [4.69, 9.17) is 5.73 Å². The van der Waals surface area contributed by atoms with E-state index in [1.165, 1.54) is 0 Å². The lowest BCUT2D eigenvalue weighted by atomic mass is 9.73. The van der Waals surface area contributed by atoms with Crippen LogP contribution in [0.1, 0.15) is 54.4 Å². The number of alkyl halides is 3. The molecule has 0 bridgehead atoms. The van der Waals surface area contributed by atoms with Crippen molar-refractivity contribution >= 4 is 5.91 Å². The Kier molecular flexibility index (Phi) is 6.08. The van der Waals surface area contributed by atoms with Crippen molar-refractivity contribution in [2.24, 2.45) is 11.1 Å². The van der Waals surface area contributed by atoms with Crippen LogP contribution in [0.15, 0.2) is 0 Å². The average molecular weight is 296 g/mol. The summed E-state index contributed by atoms with van der Waals surface area (Å²) < 4.78 is 38.3. The summed E-state index contributed by atoms with van der Waals surface area (Å²) in [5, 5.41) is 0. The van der Waals surface area contributed by atoms with Gasteiger partial charge in [0.25, 0.3) is 0 Å². The minimum atomic E-state index is -4.41. The number of carbonyl (C=O) groups is 1. The van der Waals surface area contributed by atoms with Gasteiger partial charge in [0.15, 0.2) is 0 Å². The van der Waals surface area contributed by atoms with Gasteiger partial charge in [-0.1, -0.05) is 13.8 Å². The van der Waals surface area contributed by atoms with Crippen LogP contribution >= 0.6 is 0 Å². The van der Waals surface area contributed by atoms with Gasteiger partial charge in [0, 0.05) is 11.6 Å². The number of hydrogen-bond acceptors (Lipinski definition) is 2. The predicted molar refractivity (Wildman–Crippen MR) is 74.2 cm³/mol. The van der Waals surface area contributed by atoms with E-state index in [-0.39, 0.29) is 0 Å². The lowest BCUT2D eigenvalue weighted by molar-refractivity contribution is -0.173. The summed E-state index contributed by atoms with van der Waals surface area (Å²) >= 11 is 0. The van der Waals surface area contributed by atoms with Gasteiger partial charge in [0.05, 0.1) is 5.41 Å². The van der Waals surface area contributed by atoms with Crippen molar-refractivity contribution < 1.29 is 18.0 Å². The zero-order valence-electron chi connectivity index (χ0n) is 13.3. The molecule has 3 nitrogen and oxygen atoms in total. The zero-order chi connectivity index (χ0) is 16.4. The molecule has 0 aliphatic carbocycles. The third-order valence-electron chi connectivity index (χ3n) is 4.14. The molecule has 0 spiro atoms. The number of rotatable bonds is 6. The summed E-state index contributed by atoms with van der Waals surface area (Å²) in [5.41, 5.74) is 4.00. The Morgan fingerprint density at radius 1 is 1.10 bits per heavy atom. The Morgan fingerprint density at radius 2 is 1.50 bits per heavy atom. The molecule has 0 aliphatic rings. The average Bonchev–Trinajstić information content (AvgIpc) is 2.25. The number of carbonyl (C=O) groups excluding carboxylic acids is 1.